The van der Waals surface area contributed by atoms with Gasteiger partial charge in [0, 0.05) is 49.7 Å². The van der Waals surface area contributed by atoms with Crippen molar-refractivity contribution in [3.63, 3.8) is 0 Å². The number of benzene rings is 6. The Kier molecular flexibility index (Phi) is 14.0. The molecule has 7 aromatic carbocycles. The molecule has 8 rings (SSSR count). The van der Waals surface area contributed by atoms with Crippen LogP contribution in [0.15, 0.2) is 151 Å². The number of hydrogen-bond donors (Lipinski definition) is 1. The normalized spacial score (nSPS) is 11.9. The largest absolute Gasteiger partial charge is 0.512 e. The summed E-state index contributed by atoms with van der Waals surface area (Å²) < 4.78 is 43.1. The molecule has 0 aliphatic carbocycles. The standard InChI is InChI=1S/C40H23F3N.C13H24O2.Ir/c41-40(42,43)38-24-44-39-23-37(38)33-15-6-13-30(20-33)28-11-4-9-26(18-28)25-8-3-10-27(17-25)29-12-5-14-32(19-29)36-22-34(39)21-31-7-1-2-16-35(31)36;1-5-10(6-2)12(14)9-13(15)11(7-3)8-4;/h1-20,22-24H;9-11,14H,5-8H2,1-4H3;/q-1;;/b;12-9-;. The number of ketones is 1. The minimum atomic E-state index is -4.57. The number of fused-ring (bicyclic) bond motifs is 20. The molecule has 0 aliphatic heterocycles. The van der Waals surface area contributed by atoms with Crippen LogP contribution in [0.4, 0.5) is 13.2 Å². The van der Waals surface area contributed by atoms with Gasteiger partial charge in [0.25, 0.3) is 0 Å². The second kappa shape index (κ2) is 19.2. The fourth-order valence-corrected chi connectivity index (χ4v) is 7.94. The number of rotatable bonds is 7. The van der Waals surface area contributed by atoms with Gasteiger partial charge in [-0.3, -0.25) is 9.78 Å². The molecular weight excluding hydrogens is 932 g/mol. The minimum Gasteiger partial charge on any atom is -0.512 e. The summed E-state index contributed by atoms with van der Waals surface area (Å²) in [6, 6.07) is 47.2. The van der Waals surface area contributed by atoms with Crippen molar-refractivity contribution < 1.29 is 43.2 Å². The number of carbonyl (C=O) groups is 1. The SMILES string of the molecule is CCC(CC)C(=O)/C=C(\O)C(CC)CC.FC(F)(F)c1cnc2cc1c1cccc(c1)c1cccc(c1)c1cccc(c1)c1cccc(c1)c1cc2[c-]c2ccccc21.[Ir]. The first-order chi connectivity index (χ1) is 28.5. The first kappa shape index (κ1) is 43.9. The number of pyridine rings is 1. The fourth-order valence-electron chi connectivity index (χ4n) is 7.94. The third kappa shape index (κ3) is 9.54. The van der Waals surface area contributed by atoms with E-state index >= 15 is 0 Å². The van der Waals surface area contributed by atoms with Gasteiger partial charge in [-0.25, -0.2) is 0 Å². The van der Waals surface area contributed by atoms with Crippen molar-refractivity contribution in [1.82, 2.24) is 4.98 Å². The zero-order valence-electron chi connectivity index (χ0n) is 34.1. The third-order valence-electron chi connectivity index (χ3n) is 11.4. The molecule has 0 unspecified atom stereocenters. The summed E-state index contributed by atoms with van der Waals surface area (Å²) in [4.78, 5) is 16.1. The van der Waals surface area contributed by atoms with E-state index < -0.39 is 11.7 Å². The summed E-state index contributed by atoms with van der Waals surface area (Å²) in [5, 5.41) is 20.8. The first-order valence-electron chi connectivity index (χ1n) is 20.4. The summed E-state index contributed by atoms with van der Waals surface area (Å²) >= 11 is 0. The van der Waals surface area contributed by atoms with Crippen LogP contribution in [0.2, 0.25) is 0 Å². The Labute approximate surface area is 362 Å². The van der Waals surface area contributed by atoms with Crippen LogP contribution < -0.4 is 0 Å². The summed E-state index contributed by atoms with van der Waals surface area (Å²) in [5.41, 5.74) is -0.343. The van der Waals surface area contributed by atoms with Gasteiger partial charge in [-0.05, 0) is 98.4 Å². The van der Waals surface area contributed by atoms with Crippen molar-refractivity contribution in [2.45, 2.75) is 59.6 Å². The van der Waals surface area contributed by atoms with E-state index in [0.717, 1.165) is 85.7 Å². The van der Waals surface area contributed by atoms with Crippen LogP contribution in [-0.2, 0) is 31.1 Å². The molecule has 1 N–H and O–H groups in total. The van der Waals surface area contributed by atoms with Gasteiger partial charge in [-0.1, -0.05) is 141 Å². The quantitative estimate of drug-likeness (QED) is 0.0983. The number of aliphatic hydroxyl groups is 1. The van der Waals surface area contributed by atoms with Gasteiger partial charge >= 0.3 is 6.18 Å². The van der Waals surface area contributed by atoms with E-state index in [1.807, 2.05) is 94.4 Å². The zero-order valence-corrected chi connectivity index (χ0v) is 36.5. The van der Waals surface area contributed by atoms with Gasteiger partial charge in [0.1, 0.15) is 0 Å². The Morgan fingerprint density at radius 2 is 1.03 bits per heavy atom. The summed E-state index contributed by atoms with van der Waals surface area (Å²) in [6.07, 6.45) is 1.28. The monoisotopic (exact) mass is 979 g/mol. The molecule has 1 radical (unpaired) electrons. The molecule has 0 aliphatic rings. The summed E-state index contributed by atoms with van der Waals surface area (Å²) in [5.74, 6) is 0.547. The van der Waals surface area contributed by atoms with Crippen molar-refractivity contribution >= 4 is 81.3 Å². The maximum atomic E-state index is 14.4. The molecule has 1 aromatic heterocycles. The molecule has 7 heteroatoms. The molecule has 8 aromatic rings. The van der Waals surface area contributed by atoms with Gasteiger partial charge in [0.2, 0.25) is 0 Å². The van der Waals surface area contributed by atoms with E-state index in [4.69, 9.17) is 0 Å². The molecule has 12 bridgehead atoms. The summed E-state index contributed by atoms with van der Waals surface area (Å²) in [6.45, 7) is 8.07. The van der Waals surface area contributed by atoms with Gasteiger partial charge in [0.05, 0.1) is 11.3 Å². The molecule has 1 heterocycles. The Bertz CT molecular complexity index is 2980. The second-order valence-electron chi connectivity index (χ2n) is 15.1. The van der Waals surface area contributed by atoms with Crippen LogP contribution in [0.25, 0.3) is 75.5 Å². The van der Waals surface area contributed by atoms with Crippen LogP contribution in [0.1, 0.15) is 58.9 Å². The third-order valence-corrected chi connectivity index (χ3v) is 11.4. The average molecular weight is 979 g/mol. The van der Waals surface area contributed by atoms with E-state index in [2.05, 4.69) is 65.6 Å². The van der Waals surface area contributed by atoms with Crippen molar-refractivity contribution in [2.75, 3.05) is 0 Å². The number of alkyl halides is 3. The molecule has 0 amide bonds. The second-order valence-corrected chi connectivity index (χ2v) is 15.1. The first-order valence-corrected chi connectivity index (χ1v) is 20.4. The van der Waals surface area contributed by atoms with Crippen molar-refractivity contribution in [2.24, 2.45) is 11.8 Å². The number of aliphatic hydroxyl groups excluding tert-OH is 1. The maximum Gasteiger partial charge on any atom is 0.418 e. The molecule has 0 spiro atoms. The number of allylic oxidation sites excluding steroid dienone is 2. The molecule has 307 valence electrons. The summed E-state index contributed by atoms with van der Waals surface area (Å²) in [7, 11) is 0. The van der Waals surface area contributed by atoms with Crippen LogP contribution in [-0.4, -0.2) is 15.9 Å². The number of carbonyl (C=O) groups excluding carboxylic acids is 1. The predicted octanol–water partition coefficient (Wildman–Crippen LogP) is 15.5. The number of nitrogens with zero attached hydrogens (tertiary/aromatic N) is 1. The average Bonchev–Trinajstić information content (AvgIpc) is 3.26. The van der Waals surface area contributed by atoms with E-state index in [0.29, 0.717) is 16.3 Å². The van der Waals surface area contributed by atoms with Crippen molar-refractivity contribution in [3.05, 3.63) is 163 Å². The predicted molar refractivity (Wildman–Crippen MR) is 241 cm³/mol. The van der Waals surface area contributed by atoms with E-state index in [1.165, 1.54) is 6.08 Å². The molecule has 0 saturated carbocycles. The number of hydrogen-bond acceptors (Lipinski definition) is 3. The molecule has 60 heavy (non-hydrogen) atoms. The Hall–Kier alpha value is -5.62. The minimum absolute atomic E-state index is 0. The van der Waals surface area contributed by atoms with E-state index in [1.54, 1.807) is 12.1 Å². The van der Waals surface area contributed by atoms with Crippen LogP contribution in [0.5, 0.6) is 0 Å². The van der Waals surface area contributed by atoms with E-state index in [9.17, 15) is 23.1 Å². The van der Waals surface area contributed by atoms with Crippen LogP contribution >= 0.6 is 0 Å². The molecule has 0 atom stereocenters. The Morgan fingerprint density at radius 3 is 1.52 bits per heavy atom. The molecule has 0 saturated heterocycles. The topological polar surface area (TPSA) is 50.2 Å². The number of halogens is 3. The van der Waals surface area contributed by atoms with Gasteiger partial charge in [0.15, 0.2) is 5.78 Å². The van der Waals surface area contributed by atoms with Gasteiger partial charge < -0.3 is 5.11 Å². The smallest absolute Gasteiger partial charge is 0.418 e. The maximum absolute atomic E-state index is 14.4. The number of aromatic nitrogens is 1. The van der Waals surface area contributed by atoms with Gasteiger partial charge in [-0.2, -0.15) is 13.2 Å². The zero-order chi connectivity index (χ0) is 41.7. The van der Waals surface area contributed by atoms with E-state index in [-0.39, 0.29) is 48.9 Å². The molecular formula is C53H47F3IrNO2-. The molecule has 0 fully saturated rings. The van der Waals surface area contributed by atoms with Crippen LogP contribution in [0, 0.1) is 17.9 Å². The van der Waals surface area contributed by atoms with Crippen molar-refractivity contribution in [3.8, 4) is 0 Å². The van der Waals surface area contributed by atoms with Crippen molar-refractivity contribution in [1.29, 1.82) is 0 Å². The molecule has 3 nitrogen and oxygen atoms in total. The fraction of sp³-hybridized carbons (Fsp3) is 0.208. The van der Waals surface area contributed by atoms with Gasteiger partial charge in [-0.15, -0.1) is 23.6 Å². The Morgan fingerprint density at radius 1 is 0.583 bits per heavy atom. The van der Waals surface area contributed by atoms with Crippen LogP contribution in [0.3, 0.4) is 0 Å². The Balaban J connectivity index is 0.000000325.